The van der Waals surface area contributed by atoms with Gasteiger partial charge in [0.1, 0.15) is 5.75 Å². The summed E-state index contributed by atoms with van der Waals surface area (Å²) in [6.45, 7) is 1.76. The first-order valence-corrected chi connectivity index (χ1v) is 7.42. The SMILES string of the molecule is CCOC(=O)C(=Nc1ccc(OC)cc1)c1ccc(C(F)(F)F)cc1. The second-order valence-electron chi connectivity index (χ2n) is 4.95. The molecule has 0 radical (unpaired) electrons. The van der Waals surface area contributed by atoms with Crippen LogP contribution in [0.3, 0.4) is 0 Å². The van der Waals surface area contributed by atoms with E-state index in [9.17, 15) is 18.0 Å². The van der Waals surface area contributed by atoms with Crippen molar-refractivity contribution in [3.05, 3.63) is 59.7 Å². The topological polar surface area (TPSA) is 47.9 Å². The van der Waals surface area contributed by atoms with Gasteiger partial charge in [-0.1, -0.05) is 12.1 Å². The van der Waals surface area contributed by atoms with E-state index in [1.165, 1.54) is 19.2 Å². The molecular formula is C18H16F3NO3. The van der Waals surface area contributed by atoms with Crippen molar-refractivity contribution < 1.29 is 27.4 Å². The van der Waals surface area contributed by atoms with Crippen molar-refractivity contribution in [3.8, 4) is 5.75 Å². The Morgan fingerprint density at radius 1 is 1.04 bits per heavy atom. The van der Waals surface area contributed by atoms with E-state index in [1.807, 2.05) is 0 Å². The number of halogens is 3. The highest BCUT2D eigenvalue weighted by molar-refractivity contribution is 6.43. The zero-order chi connectivity index (χ0) is 18.4. The average molecular weight is 351 g/mol. The van der Waals surface area contributed by atoms with E-state index in [1.54, 1.807) is 31.2 Å². The predicted octanol–water partition coefficient (Wildman–Crippen LogP) is 4.40. The maximum atomic E-state index is 12.7. The molecule has 132 valence electrons. The smallest absolute Gasteiger partial charge is 0.416 e. The fourth-order valence-corrected chi connectivity index (χ4v) is 2.03. The van der Waals surface area contributed by atoms with Gasteiger partial charge in [0, 0.05) is 5.56 Å². The molecule has 25 heavy (non-hydrogen) atoms. The molecule has 7 heteroatoms. The van der Waals surface area contributed by atoms with Crippen LogP contribution in [-0.2, 0) is 15.7 Å². The van der Waals surface area contributed by atoms with E-state index < -0.39 is 17.7 Å². The van der Waals surface area contributed by atoms with Gasteiger partial charge in [-0.3, -0.25) is 0 Å². The minimum Gasteiger partial charge on any atom is -0.497 e. The van der Waals surface area contributed by atoms with E-state index in [0.29, 0.717) is 11.4 Å². The van der Waals surface area contributed by atoms with E-state index in [-0.39, 0.29) is 17.9 Å². The lowest BCUT2D eigenvalue weighted by molar-refractivity contribution is -0.137. The maximum absolute atomic E-state index is 12.7. The summed E-state index contributed by atoms with van der Waals surface area (Å²) in [5.41, 5.74) is -0.185. The molecule has 0 aliphatic rings. The number of aliphatic imine (C=N–C) groups is 1. The highest BCUT2D eigenvalue weighted by Crippen LogP contribution is 2.29. The minimum atomic E-state index is -4.45. The van der Waals surface area contributed by atoms with Crippen LogP contribution >= 0.6 is 0 Å². The van der Waals surface area contributed by atoms with Crippen LogP contribution in [0.15, 0.2) is 53.5 Å². The molecule has 0 saturated heterocycles. The number of hydrogen-bond donors (Lipinski definition) is 0. The Balaban J connectivity index is 2.41. The van der Waals surface area contributed by atoms with Crippen molar-refractivity contribution in [2.75, 3.05) is 13.7 Å². The number of methoxy groups -OCH3 is 1. The second kappa shape index (κ2) is 7.83. The quantitative estimate of drug-likeness (QED) is 0.593. The predicted molar refractivity (Wildman–Crippen MR) is 87.3 cm³/mol. The fraction of sp³-hybridized carbons (Fsp3) is 0.222. The van der Waals surface area contributed by atoms with Crippen molar-refractivity contribution in [2.24, 2.45) is 4.99 Å². The van der Waals surface area contributed by atoms with Crippen molar-refractivity contribution in [2.45, 2.75) is 13.1 Å². The standard InChI is InChI=1S/C18H16F3NO3/c1-3-25-17(23)16(22-14-8-10-15(24-2)11-9-14)12-4-6-13(7-5-12)18(19,20)21/h4-11H,3H2,1-2H3. The molecule has 0 fully saturated rings. The number of esters is 1. The molecule has 0 heterocycles. The summed E-state index contributed by atoms with van der Waals surface area (Å²) in [6.07, 6.45) is -4.45. The van der Waals surface area contributed by atoms with Crippen LogP contribution in [0.1, 0.15) is 18.1 Å². The Morgan fingerprint density at radius 2 is 1.64 bits per heavy atom. The molecule has 0 unspecified atom stereocenters. The van der Waals surface area contributed by atoms with Gasteiger partial charge in [0.25, 0.3) is 0 Å². The van der Waals surface area contributed by atoms with Crippen LogP contribution in [-0.4, -0.2) is 25.4 Å². The lowest BCUT2D eigenvalue weighted by Gasteiger charge is -2.09. The van der Waals surface area contributed by atoms with E-state index in [4.69, 9.17) is 9.47 Å². The molecule has 0 aromatic heterocycles. The first kappa shape index (κ1) is 18.5. The molecule has 0 aliphatic heterocycles. The molecule has 2 aromatic rings. The third-order valence-electron chi connectivity index (χ3n) is 3.27. The summed E-state index contributed by atoms with van der Waals surface area (Å²) >= 11 is 0. The van der Waals surface area contributed by atoms with Gasteiger partial charge < -0.3 is 9.47 Å². The van der Waals surface area contributed by atoms with Crippen molar-refractivity contribution >= 4 is 17.4 Å². The highest BCUT2D eigenvalue weighted by atomic mass is 19.4. The van der Waals surface area contributed by atoms with Crippen molar-refractivity contribution in [3.63, 3.8) is 0 Å². The van der Waals surface area contributed by atoms with Gasteiger partial charge in [-0.2, -0.15) is 13.2 Å². The normalized spacial score (nSPS) is 12.0. The Morgan fingerprint density at radius 3 is 2.12 bits per heavy atom. The van der Waals surface area contributed by atoms with Gasteiger partial charge in [-0.15, -0.1) is 0 Å². The van der Waals surface area contributed by atoms with Crippen LogP contribution in [0.25, 0.3) is 0 Å². The third-order valence-corrected chi connectivity index (χ3v) is 3.27. The maximum Gasteiger partial charge on any atom is 0.416 e. The summed E-state index contributed by atoms with van der Waals surface area (Å²) in [5.74, 6) is -0.0933. The molecular weight excluding hydrogens is 335 g/mol. The van der Waals surface area contributed by atoms with Crippen molar-refractivity contribution in [1.82, 2.24) is 0 Å². The van der Waals surface area contributed by atoms with E-state index in [0.717, 1.165) is 12.1 Å². The largest absolute Gasteiger partial charge is 0.497 e. The Hall–Kier alpha value is -2.83. The molecule has 4 nitrogen and oxygen atoms in total. The van der Waals surface area contributed by atoms with Gasteiger partial charge in [0.2, 0.25) is 0 Å². The number of rotatable bonds is 5. The molecule has 0 atom stereocenters. The monoisotopic (exact) mass is 351 g/mol. The molecule has 0 N–H and O–H groups in total. The minimum absolute atomic E-state index is 0.0688. The molecule has 0 amide bonds. The average Bonchev–Trinajstić information content (AvgIpc) is 2.60. The number of ether oxygens (including phenoxy) is 2. The van der Waals surface area contributed by atoms with Gasteiger partial charge >= 0.3 is 12.1 Å². The van der Waals surface area contributed by atoms with E-state index >= 15 is 0 Å². The summed E-state index contributed by atoms with van der Waals surface area (Å²) in [4.78, 5) is 16.4. The first-order valence-electron chi connectivity index (χ1n) is 7.42. The summed E-state index contributed by atoms with van der Waals surface area (Å²) in [7, 11) is 1.52. The molecule has 2 rings (SSSR count). The Kier molecular flexibility index (Phi) is 5.80. The number of carbonyl (C=O) groups is 1. The third kappa shape index (κ3) is 4.82. The molecule has 0 saturated carbocycles. The van der Waals surface area contributed by atoms with Crippen LogP contribution in [0.2, 0.25) is 0 Å². The summed E-state index contributed by atoms with van der Waals surface area (Å²) in [5, 5.41) is 0. The number of benzene rings is 2. The number of carbonyl (C=O) groups excluding carboxylic acids is 1. The van der Waals surface area contributed by atoms with Crippen LogP contribution in [0.5, 0.6) is 5.75 Å². The second-order valence-corrected chi connectivity index (χ2v) is 4.95. The van der Waals surface area contributed by atoms with Crippen LogP contribution in [0, 0.1) is 0 Å². The van der Waals surface area contributed by atoms with E-state index in [2.05, 4.69) is 4.99 Å². The van der Waals surface area contributed by atoms with Crippen LogP contribution in [0.4, 0.5) is 18.9 Å². The Labute approximate surface area is 142 Å². The van der Waals surface area contributed by atoms with Gasteiger partial charge in [-0.05, 0) is 43.3 Å². The molecule has 2 aromatic carbocycles. The van der Waals surface area contributed by atoms with Gasteiger partial charge in [0.05, 0.1) is 25.0 Å². The van der Waals surface area contributed by atoms with Crippen molar-refractivity contribution in [1.29, 1.82) is 0 Å². The van der Waals surface area contributed by atoms with Crippen LogP contribution < -0.4 is 4.74 Å². The number of hydrogen-bond acceptors (Lipinski definition) is 4. The summed E-state index contributed by atoms with van der Waals surface area (Å²) in [6, 6.07) is 10.8. The molecule has 0 aliphatic carbocycles. The summed E-state index contributed by atoms with van der Waals surface area (Å²) < 4.78 is 48.1. The fourth-order valence-electron chi connectivity index (χ4n) is 2.03. The Bertz CT molecular complexity index is 751. The lowest BCUT2D eigenvalue weighted by Crippen LogP contribution is -2.19. The number of alkyl halides is 3. The lowest BCUT2D eigenvalue weighted by atomic mass is 10.1. The van der Waals surface area contributed by atoms with Gasteiger partial charge in [0.15, 0.2) is 5.71 Å². The zero-order valence-corrected chi connectivity index (χ0v) is 13.6. The van der Waals surface area contributed by atoms with Gasteiger partial charge in [-0.25, -0.2) is 9.79 Å². The number of nitrogens with zero attached hydrogens (tertiary/aromatic N) is 1. The molecule has 0 spiro atoms. The highest BCUT2D eigenvalue weighted by Gasteiger charge is 2.30. The first-order chi connectivity index (χ1) is 11.8. The zero-order valence-electron chi connectivity index (χ0n) is 13.6. The molecule has 0 bridgehead atoms.